The second-order valence-electron chi connectivity index (χ2n) is 8.73. The molecule has 0 spiro atoms. The summed E-state index contributed by atoms with van der Waals surface area (Å²) in [6.07, 6.45) is 2.78. The highest BCUT2D eigenvalue weighted by atomic mass is 32.2. The van der Waals surface area contributed by atoms with Crippen molar-refractivity contribution in [1.29, 1.82) is 0 Å². The predicted octanol–water partition coefficient (Wildman–Crippen LogP) is 3.36. The van der Waals surface area contributed by atoms with Gasteiger partial charge in [0.2, 0.25) is 15.9 Å². The van der Waals surface area contributed by atoms with Gasteiger partial charge < -0.3 is 14.4 Å². The van der Waals surface area contributed by atoms with Gasteiger partial charge in [-0.15, -0.1) is 0 Å². The molecule has 0 radical (unpaired) electrons. The van der Waals surface area contributed by atoms with E-state index in [4.69, 9.17) is 9.47 Å². The summed E-state index contributed by atoms with van der Waals surface area (Å²) in [4.78, 5) is 15.4. The maximum atomic E-state index is 13.4. The fourth-order valence-corrected chi connectivity index (χ4v) is 6.45. The number of piperidine rings is 1. The van der Waals surface area contributed by atoms with Crippen molar-refractivity contribution in [3.63, 3.8) is 0 Å². The third-order valence-electron chi connectivity index (χ3n) is 6.74. The van der Waals surface area contributed by atoms with E-state index in [0.717, 1.165) is 42.0 Å². The van der Waals surface area contributed by atoms with Crippen LogP contribution in [-0.2, 0) is 14.8 Å². The summed E-state index contributed by atoms with van der Waals surface area (Å²) in [6, 6.07) is 10.7. The Morgan fingerprint density at radius 1 is 0.909 bits per heavy atom. The van der Waals surface area contributed by atoms with Crippen LogP contribution in [0.5, 0.6) is 11.5 Å². The van der Waals surface area contributed by atoms with Gasteiger partial charge in [-0.25, -0.2) is 12.8 Å². The first-order valence-electron chi connectivity index (χ1n) is 11.4. The molecule has 0 bridgehead atoms. The monoisotopic (exact) mass is 474 g/mol. The number of fused-ring (bicyclic) bond motifs is 1. The first-order valence-corrected chi connectivity index (χ1v) is 12.8. The van der Waals surface area contributed by atoms with E-state index >= 15 is 0 Å². The highest BCUT2D eigenvalue weighted by Crippen LogP contribution is 2.39. The van der Waals surface area contributed by atoms with Crippen LogP contribution in [0, 0.1) is 11.7 Å². The second-order valence-corrected chi connectivity index (χ2v) is 10.7. The van der Waals surface area contributed by atoms with E-state index in [1.807, 2.05) is 23.1 Å². The van der Waals surface area contributed by atoms with E-state index in [1.165, 1.54) is 16.4 Å². The van der Waals surface area contributed by atoms with Crippen LogP contribution in [-0.4, -0.2) is 56.4 Å². The average Bonchev–Trinajstić information content (AvgIpc) is 3.34. The molecule has 3 heterocycles. The van der Waals surface area contributed by atoms with Gasteiger partial charge in [0, 0.05) is 25.6 Å². The smallest absolute Gasteiger partial charge is 0.243 e. The SMILES string of the molecule is O=C(C1CCN(S(=O)(=O)c2ccc(F)cc2)CC1)N1CCCC1c1ccc2c(c1)OCCO2. The van der Waals surface area contributed by atoms with Gasteiger partial charge in [-0.05, 0) is 67.6 Å². The Labute approximate surface area is 193 Å². The molecule has 5 rings (SSSR count). The highest BCUT2D eigenvalue weighted by Gasteiger charge is 2.38. The molecule has 1 atom stereocenters. The van der Waals surface area contributed by atoms with E-state index in [0.29, 0.717) is 32.6 Å². The van der Waals surface area contributed by atoms with Gasteiger partial charge in [0.1, 0.15) is 19.0 Å². The maximum Gasteiger partial charge on any atom is 0.243 e. The summed E-state index contributed by atoms with van der Waals surface area (Å²) in [6.45, 7) is 2.31. The zero-order chi connectivity index (χ0) is 23.0. The van der Waals surface area contributed by atoms with Crippen LogP contribution in [0.1, 0.15) is 37.3 Å². The Hall–Kier alpha value is -2.65. The van der Waals surface area contributed by atoms with Crippen LogP contribution >= 0.6 is 0 Å². The molecule has 2 saturated heterocycles. The molecule has 2 aromatic rings. The quantitative estimate of drug-likeness (QED) is 0.679. The van der Waals surface area contributed by atoms with Crippen molar-refractivity contribution in [1.82, 2.24) is 9.21 Å². The Morgan fingerprint density at radius 3 is 2.33 bits per heavy atom. The number of likely N-dealkylation sites (tertiary alicyclic amines) is 1. The highest BCUT2D eigenvalue weighted by molar-refractivity contribution is 7.89. The molecule has 2 fully saturated rings. The summed E-state index contributed by atoms with van der Waals surface area (Å²) >= 11 is 0. The summed E-state index contributed by atoms with van der Waals surface area (Å²) in [7, 11) is -3.69. The summed E-state index contributed by atoms with van der Waals surface area (Å²) in [5, 5.41) is 0. The van der Waals surface area contributed by atoms with Crippen molar-refractivity contribution in [2.24, 2.45) is 5.92 Å². The van der Waals surface area contributed by atoms with E-state index in [1.54, 1.807) is 0 Å². The molecule has 0 N–H and O–H groups in total. The Bertz CT molecular complexity index is 1130. The number of rotatable bonds is 4. The number of nitrogens with zero attached hydrogens (tertiary/aromatic N) is 2. The van der Waals surface area contributed by atoms with Crippen LogP contribution < -0.4 is 9.47 Å². The van der Waals surface area contributed by atoms with Gasteiger partial charge in [0.15, 0.2) is 11.5 Å². The summed E-state index contributed by atoms with van der Waals surface area (Å²) < 4.78 is 51.6. The third kappa shape index (κ3) is 4.31. The molecule has 1 amide bonds. The molecule has 3 aliphatic rings. The van der Waals surface area contributed by atoms with Gasteiger partial charge in [0.05, 0.1) is 10.9 Å². The number of amides is 1. The Morgan fingerprint density at radius 2 is 1.61 bits per heavy atom. The second kappa shape index (κ2) is 8.95. The first kappa shape index (κ1) is 22.2. The van der Waals surface area contributed by atoms with Crippen molar-refractivity contribution < 1.29 is 27.1 Å². The largest absolute Gasteiger partial charge is 0.486 e. The molecule has 0 aromatic heterocycles. The minimum Gasteiger partial charge on any atom is -0.486 e. The van der Waals surface area contributed by atoms with Crippen LogP contribution in [0.2, 0.25) is 0 Å². The molecule has 33 heavy (non-hydrogen) atoms. The number of hydrogen-bond acceptors (Lipinski definition) is 5. The van der Waals surface area contributed by atoms with E-state index in [2.05, 4.69) is 0 Å². The molecule has 0 aliphatic carbocycles. The minimum absolute atomic E-state index is 0.00527. The lowest BCUT2D eigenvalue weighted by Gasteiger charge is -2.34. The minimum atomic E-state index is -3.69. The van der Waals surface area contributed by atoms with Crippen LogP contribution in [0.3, 0.4) is 0 Å². The lowest BCUT2D eigenvalue weighted by molar-refractivity contribution is -0.137. The van der Waals surface area contributed by atoms with Crippen molar-refractivity contribution in [3.8, 4) is 11.5 Å². The van der Waals surface area contributed by atoms with Crippen LogP contribution in [0.25, 0.3) is 0 Å². The van der Waals surface area contributed by atoms with Crippen LogP contribution in [0.4, 0.5) is 4.39 Å². The van der Waals surface area contributed by atoms with Gasteiger partial charge in [0.25, 0.3) is 0 Å². The lowest BCUT2D eigenvalue weighted by Crippen LogP contribution is -2.44. The van der Waals surface area contributed by atoms with Crippen molar-refractivity contribution >= 4 is 15.9 Å². The van der Waals surface area contributed by atoms with Crippen molar-refractivity contribution in [2.45, 2.75) is 36.6 Å². The lowest BCUT2D eigenvalue weighted by atomic mass is 9.95. The number of ether oxygens (including phenoxy) is 2. The standard InChI is InChI=1S/C24H27FN2O5S/c25-19-4-6-20(7-5-19)33(29,30)26-12-9-17(10-13-26)24(28)27-11-1-2-21(27)18-3-8-22-23(16-18)32-15-14-31-22/h3-8,16-17,21H,1-2,9-15H2. The van der Waals surface area contributed by atoms with Gasteiger partial charge in [-0.2, -0.15) is 4.31 Å². The molecule has 7 nitrogen and oxygen atoms in total. The predicted molar refractivity (Wildman–Crippen MR) is 119 cm³/mol. The third-order valence-corrected chi connectivity index (χ3v) is 8.65. The molecule has 1 unspecified atom stereocenters. The van der Waals surface area contributed by atoms with Gasteiger partial charge >= 0.3 is 0 Å². The van der Waals surface area contributed by atoms with Crippen molar-refractivity contribution in [2.75, 3.05) is 32.8 Å². The normalized spacial score (nSPS) is 21.8. The molecule has 176 valence electrons. The topological polar surface area (TPSA) is 76.2 Å². The summed E-state index contributed by atoms with van der Waals surface area (Å²) in [5.74, 6) is 0.859. The van der Waals surface area contributed by atoms with Gasteiger partial charge in [-0.3, -0.25) is 4.79 Å². The average molecular weight is 475 g/mol. The fourth-order valence-electron chi connectivity index (χ4n) is 4.98. The molecular weight excluding hydrogens is 447 g/mol. The van der Waals surface area contributed by atoms with Gasteiger partial charge in [-0.1, -0.05) is 6.07 Å². The number of halogens is 1. The number of carbonyl (C=O) groups is 1. The molecule has 2 aromatic carbocycles. The Balaban J connectivity index is 1.25. The number of carbonyl (C=O) groups excluding carboxylic acids is 1. The van der Waals surface area contributed by atoms with Crippen molar-refractivity contribution in [3.05, 3.63) is 53.8 Å². The van der Waals surface area contributed by atoms with E-state index < -0.39 is 15.8 Å². The zero-order valence-corrected chi connectivity index (χ0v) is 19.1. The van der Waals surface area contributed by atoms with E-state index in [-0.39, 0.29) is 35.9 Å². The molecular formula is C24H27FN2O5S. The van der Waals surface area contributed by atoms with E-state index in [9.17, 15) is 17.6 Å². The number of hydrogen-bond donors (Lipinski definition) is 0. The zero-order valence-electron chi connectivity index (χ0n) is 18.3. The molecule has 0 saturated carbocycles. The van der Waals surface area contributed by atoms with Crippen LogP contribution in [0.15, 0.2) is 47.4 Å². The Kier molecular flexibility index (Phi) is 6.01. The first-order chi connectivity index (χ1) is 15.9. The number of sulfonamides is 1. The summed E-state index contributed by atoms with van der Waals surface area (Å²) in [5.41, 5.74) is 1.04. The molecule has 9 heteroatoms. The molecule has 3 aliphatic heterocycles. The fraction of sp³-hybridized carbons (Fsp3) is 0.458. The maximum absolute atomic E-state index is 13.4. The number of benzene rings is 2.